The first-order valence-corrected chi connectivity index (χ1v) is 25.1. The summed E-state index contributed by atoms with van der Waals surface area (Å²) in [5.41, 5.74) is 10.4. The second-order valence-electron chi connectivity index (χ2n) is 17.8. The number of carbonyl (C=O) groups is 7. The molecule has 0 spiro atoms. The second kappa shape index (κ2) is 29.5. The SMILES string of the molecule is N[C@@H](CC(=O)OCc1ccccc1)C(=O)Nc1ccccc1OCC(=O)N[C@@H](Cc1ccc(OCc2ccccc2)cc1)C(=O)Nc1cccc(C(=O)N[C@@H](CCC(=O)OCc2ccccc2)C(=O)OCc2ccccc2)c1. The van der Waals surface area contributed by atoms with Crippen molar-refractivity contribution in [2.45, 2.75) is 70.2 Å². The molecule has 0 aromatic heterocycles. The maximum Gasteiger partial charge on any atom is 0.328 e. The summed E-state index contributed by atoms with van der Waals surface area (Å²) in [5, 5.41) is 10.9. The lowest BCUT2D eigenvalue weighted by atomic mass is 10.0. The number of benzene rings is 7. The van der Waals surface area contributed by atoms with E-state index in [1.165, 1.54) is 30.3 Å². The Morgan fingerprint density at radius 2 is 1.03 bits per heavy atom. The number of anilines is 2. The average Bonchev–Trinajstić information content (AvgIpc) is 3.47. The zero-order chi connectivity index (χ0) is 54.9. The molecule has 400 valence electrons. The van der Waals surface area contributed by atoms with Gasteiger partial charge in [-0.25, -0.2) is 4.79 Å². The summed E-state index contributed by atoms with van der Waals surface area (Å²) in [6, 6.07) is 52.4. The molecule has 0 aliphatic carbocycles. The molecule has 6 N–H and O–H groups in total. The fourth-order valence-corrected chi connectivity index (χ4v) is 7.64. The van der Waals surface area contributed by atoms with Crippen molar-refractivity contribution >= 4 is 52.9 Å². The molecule has 78 heavy (non-hydrogen) atoms. The lowest BCUT2D eigenvalue weighted by molar-refractivity contribution is -0.149. The minimum Gasteiger partial charge on any atom is -0.489 e. The Kier molecular flexibility index (Phi) is 21.2. The first kappa shape index (κ1) is 56.1. The van der Waals surface area contributed by atoms with Crippen molar-refractivity contribution in [2.75, 3.05) is 17.2 Å². The van der Waals surface area contributed by atoms with Crippen molar-refractivity contribution in [3.05, 3.63) is 228 Å². The molecule has 4 amide bonds. The van der Waals surface area contributed by atoms with Crippen LogP contribution in [-0.2, 0) is 75.8 Å². The van der Waals surface area contributed by atoms with Crippen LogP contribution in [-0.4, -0.2) is 66.3 Å². The number of rotatable bonds is 27. The number of para-hydroxylation sites is 2. The van der Waals surface area contributed by atoms with Crippen LogP contribution >= 0.6 is 0 Å². The number of ether oxygens (including phenoxy) is 5. The topological polar surface area (TPSA) is 240 Å². The van der Waals surface area contributed by atoms with Gasteiger partial charge in [-0.05, 0) is 76.7 Å². The van der Waals surface area contributed by atoms with E-state index in [0.717, 1.165) is 22.3 Å². The van der Waals surface area contributed by atoms with Gasteiger partial charge in [0.25, 0.3) is 11.8 Å². The number of esters is 3. The first-order valence-electron chi connectivity index (χ1n) is 25.1. The highest BCUT2D eigenvalue weighted by Gasteiger charge is 2.27. The maximum absolute atomic E-state index is 14.2. The van der Waals surface area contributed by atoms with Gasteiger partial charge in [0.05, 0.1) is 18.2 Å². The fourth-order valence-electron chi connectivity index (χ4n) is 7.64. The van der Waals surface area contributed by atoms with Gasteiger partial charge in [0, 0.05) is 24.1 Å². The number of nitrogens with two attached hydrogens (primary N) is 1. The molecule has 0 radical (unpaired) electrons. The first-order chi connectivity index (χ1) is 37.9. The summed E-state index contributed by atoms with van der Waals surface area (Å²) < 4.78 is 28.1. The van der Waals surface area contributed by atoms with Gasteiger partial charge >= 0.3 is 17.9 Å². The third-order valence-corrected chi connectivity index (χ3v) is 11.8. The van der Waals surface area contributed by atoms with Gasteiger partial charge in [0.1, 0.15) is 50.0 Å². The van der Waals surface area contributed by atoms with Gasteiger partial charge in [-0.15, -0.1) is 0 Å². The molecule has 0 saturated heterocycles. The largest absolute Gasteiger partial charge is 0.489 e. The molecule has 17 heteroatoms. The van der Waals surface area contributed by atoms with Crippen LogP contribution in [0.1, 0.15) is 57.4 Å². The number of carbonyl (C=O) groups excluding carboxylic acids is 7. The molecular formula is C61H59N5O12. The van der Waals surface area contributed by atoms with E-state index in [2.05, 4.69) is 21.3 Å². The van der Waals surface area contributed by atoms with Crippen molar-refractivity contribution in [1.29, 1.82) is 0 Å². The third kappa shape index (κ3) is 18.6. The maximum atomic E-state index is 14.2. The van der Waals surface area contributed by atoms with E-state index in [1.807, 2.05) is 84.9 Å². The third-order valence-electron chi connectivity index (χ3n) is 11.8. The van der Waals surface area contributed by atoms with Crippen molar-refractivity contribution in [3.8, 4) is 11.5 Å². The Bertz CT molecular complexity index is 3090. The molecule has 0 fully saturated rings. The molecule has 0 bridgehead atoms. The van der Waals surface area contributed by atoms with E-state index in [0.29, 0.717) is 17.9 Å². The molecule has 0 heterocycles. The van der Waals surface area contributed by atoms with E-state index < -0.39 is 72.7 Å². The predicted octanol–water partition coefficient (Wildman–Crippen LogP) is 7.78. The molecule has 17 nitrogen and oxygen atoms in total. The minimum absolute atomic E-state index is 0.00951. The highest BCUT2D eigenvalue weighted by atomic mass is 16.5. The molecule has 7 aromatic carbocycles. The quantitative estimate of drug-likeness (QED) is 0.0245. The Labute approximate surface area is 451 Å². The zero-order valence-electron chi connectivity index (χ0n) is 42.5. The van der Waals surface area contributed by atoms with Gasteiger partial charge in [-0.1, -0.05) is 152 Å². The van der Waals surface area contributed by atoms with Crippen LogP contribution in [0, 0.1) is 0 Å². The van der Waals surface area contributed by atoms with Crippen molar-refractivity contribution in [3.63, 3.8) is 0 Å². The summed E-state index contributed by atoms with van der Waals surface area (Å²) in [5.74, 6) is -4.05. The molecule has 0 aliphatic heterocycles. The average molecular weight is 1050 g/mol. The molecule has 7 aromatic rings. The van der Waals surface area contributed by atoms with E-state index in [-0.39, 0.29) is 61.8 Å². The second-order valence-corrected chi connectivity index (χ2v) is 17.8. The van der Waals surface area contributed by atoms with Crippen molar-refractivity contribution in [2.24, 2.45) is 5.73 Å². The Hall–Kier alpha value is -9.61. The highest BCUT2D eigenvalue weighted by Crippen LogP contribution is 2.24. The summed E-state index contributed by atoms with van der Waals surface area (Å²) in [6.07, 6.45) is -0.716. The van der Waals surface area contributed by atoms with Crippen LogP contribution < -0.4 is 36.5 Å². The molecule has 7 rings (SSSR count). The van der Waals surface area contributed by atoms with Gasteiger partial charge < -0.3 is 50.7 Å². The van der Waals surface area contributed by atoms with Gasteiger partial charge in [0.15, 0.2) is 6.61 Å². The molecule has 3 atom stereocenters. The van der Waals surface area contributed by atoms with Crippen LogP contribution in [0.4, 0.5) is 11.4 Å². The monoisotopic (exact) mass is 1050 g/mol. The van der Waals surface area contributed by atoms with E-state index in [1.54, 1.807) is 78.9 Å². The standard InChI is InChI=1S/C61H59N5O12/c62-50(36-57(69)77-39-45-20-9-3-10-21-45)59(71)65-51-26-13-14-27-54(51)75-41-55(67)64-53(34-42-28-30-49(31-29-42)74-37-43-16-5-1-6-17-43)60(72)63-48-25-15-24-47(35-48)58(70)66-52(61(73)78-40-46-22-11-4-12-23-46)32-33-56(68)76-38-44-18-7-2-8-19-44/h1-31,35,50,52-53H,32-34,36-41,62H2,(H,63,72)(H,64,67)(H,65,71)(H,66,70)/t50-,52-,53-/m0/s1. The van der Waals surface area contributed by atoms with Gasteiger partial charge in [0.2, 0.25) is 11.8 Å². The molecule has 0 aliphatic rings. The summed E-state index contributed by atoms with van der Waals surface area (Å²) in [6.45, 7) is -0.262. The summed E-state index contributed by atoms with van der Waals surface area (Å²) >= 11 is 0. The number of nitrogens with one attached hydrogen (secondary N) is 4. The molecule has 0 saturated carbocycles. The lowest BCUT2D eigenvalue weighted by Gasteiger charge is -2.20. The predicted molar refractivity (Wildman–Crippen MR) is 290 cm³/mol. The normalized spacial score (nSPS) is 11.8. The van der Waals surface area contributed by atoms with Crippen LogP contribution in [0.5, 0.6) is 11.5 Å². The number of hydrogen-bond acceptors (Lipinski definition) is 13. The lowest BCUT2D eigenvalue weighted by Crippen LogP contribution is -2.47. The zero-order valence-corrected chi connectivity index (χ0v) is 42.5. The van der Waals surface area contributed by atoms with Crippen molar-refractivity contribution < 1.29 is 57.2 Å². The fraction of sp³-hybridized carbons (Fsp3) is 0.197. The van der Waals surface area contributed by atoms with Crippen LogP contribution in [0.15, 0.2) is 194 Å². The Balaban J connectivity index is 0.998. The Morgan fingerprint density at radius 3 is 1.64 bits per heavy atom. The summed E-state index contributed by atoms with van der Waals surface area (Å²) in [7, 11) is 0. The minimum atomic E-state index is -1.26. The van der Waals surface area contributed by atoms with Gasteiger partial charge in [-0.2, -0.15) is 0 Å². The summed E-state index contributed by atoms with van der Waals surface area (Å²) in [4.78, 5) is 93.6. The van der Waals surface area contributed by atoms with E-state index in [4.69, 9.17) is 29.4 Å². The molecule has 0 unspecified atom stereocenters. The number of amides is 4. The molecular weight excluding hydrogens is 995 g/mol. The van der Waals surface area contributed by atoms with Crippen LogP contribution in [0.3, 0.4) is 0 Å². The van der Waals surface area contributed by atoms with E-state index >= 15 is 0 Å². The van der Waals surface area contributed by atoms with E-state index in [9.17, 15) is 33.6 Å². The highest BCUT2D eigenvalue weighted by molar-refractivity contribution is 6.01. The smallest absolute Gasteiger partial charge is 0.328 e. The van der Waals surface area contributed by atoms with Crippen molar-refractivity contribution in [1.82, 2.24) is 10.6 Å². The van der Waals surface area contributed by atoms with Crippen LogP contribution in [0.2, 0.25) is 0 Å². The van der Waals surface area contributed by atoms with Crippen LogP contribution in [0.25, 0.3) is 0 Å². The number of hydrogen-bond donors (Lipinski definition) is 5. The Morgan fingerprint density at radius 1 is 0.474 bits per heavy atom. The van der Waals surface area contributed by atoms with Gasteiger partial charge in [-0.3, -0.25) is 28.8 Å².